The van der Waals surface area contributed by atoms with Crippen LogP contribution in [-0.2, 0) is 14.3 Å². The lowest BCUT2D eigenvalue weighted by Gasteiger charge is -2.32. The van der Waals surface area contributed by atoms with Gasteiger partial charge in [0, 0.05) is 13.1 Å². The summed E-state index contributed by atoms with van der Waals surface area (Å²) < 4.78 is 10.2. The van der Waals surface area contributed by atoms with Gasteiger partial charge in [-0.2, -0.15) is 0 Å². The minimum absolute atomic E-state index is 0.133. The maximum Gasteiger partial charge on any atom is 0.306 e. The third kappa shape index (κ3) is 4.32. The minimum Gasteiger partial charge on any atom is -0.481 e. The molecular weight excluding hydrogens is 280 g/mol. The first-order chi connectivity index (χ1) is 10.1. The van der Waals surface area contributed by atoms with Crippen LogP contribution >= 0.6 is 0 Å². The van der Waals surface area contributed by atoms with E-state index in [0.29, 0.717) is 6.54 Å². The van der Waals surface area contributed by atoms with Crippen molar-refractivity contribution in [3.8, 4) is 0 Å². The van der Waals surface area contributed by atoms with Crippen molar-refractivity contribution in [3.63, 3.8) is 0 Å². The number of nitrogens with zero attached hydrogens (tertiary/aromatic N) is 1. The predicted octanol–water partition coefficient (Wildman–Crippen LogP) is -0.289. The van der Waals surface area contributed by atoms with Crippen molar-refractivity contribution >= 4 is 17.8 Å². The molecule has 0 spiro atoms. The number of hydrogen-bond acceptors (Lipinski definition) is 5. The van der Waals surface area contributed by atoms with Crippen molar-refractivity contribution in [2.75, 3.05) is 26.2 Å². The quantitative estimate of drug-likeness (QED) is 0.773. The molecule has 1 saturated heterocycles. The van der Waals surface area contributed by atoms with E-state index in [-0.39, 0.29) is 37.8 Å². The van der Waals surface area contributed by atoms with Gasteiger partial charge in [0.05, 0.1) is 31.9 Å². The Labute approximate surface area is 120 Å². The minimum atomic E-state index is -0.972. The van der Waals surface area contributed by atoms with Crippen molar-refractivity contribution in [1.29, 1.82) is 0 Å². The Morgan fingerprint density at radius 1 is 1.43 bits per heavy atom. The second-order valence-corrected chi connectivity index (χ2v) is 4.59. The van der Waals surface area contributed by atoms with Gasteiger partial charge in [-0.3, -0.25) is 14.4 Å². The fourth-order valence-corrected chi connectivity index (χ4v) is 2.03. The third-order valence-corrected chi connectivity index (χ3v) is 3.04. The fraction of sp³-hybridized carbons (Fsp3) is 0.462. The molecule has 114 valence electrons. The molecule has 1 aliphatic rings. The molecule has 8 nitrogen and oxygen atoms in total. The maximum atomic E-state index is 12.0. The van der Waals surface area contributed by atoms with Crippen LogP contribution in [0, 0.1) is 0 Å². The SMILES string of the molecule is O=C(O)CC1CN(C(=O)CNC(=O)c2ccco2)CCO1. The number of ether oxygens (including phenoxy) is 1. The summed E-state index contributed by atoms with van der Waals surface area (Å²) in [6.45, 7) is 0.711. The van der Waals surface area contributed by atoms with Crippen molar-refractivity contribution in [3.05, 3.63) is 24.2 Å². The fourth-order valence-electron chi connectivity index (χ4n) is 2.03. The number of hydrogen-bond donors (Lipinski definition) is 2. The van der Waals surface area contributed by atoms with Crippen molar-refractivity contribution in [2.45, 2.75) is 12.5 Å². The maximum absolute atomic E-state index is 12.0. The Kier molecular flexibility index (Phi) is 4.94. The van der Waals surface area contributed by atoms with Crippen LogP contribution in [0.25, 0.3) is 0 Å². The molecule has 1 aromatic heterocycles. The number of carbonyl (C=O) groups excluding carboxylic acids is 2. The van der Waals surface area contributed by atoms with E-state index in [4.69, 9.17) is 14.3 Å². The summed E-state index contributed by atoms with van der Waals surface area (Å²) in [6, 6.07) is 3.08. The summed E-state index contributed by atoms with van der Waals surface area (Å²) in [5.74, 6) is -1.59. The molecule has 8 heteroatoms. The monoisotopic (exact) mass is 296 g/mol. The first-order valence-electron chi connectivity index (χ1n) is 6.49. The number of rotatable bonds is 5. The molecule has 0 radical (unpaired) electrons. The summed E-state index contributed by atoms with van der Waals surface area (Å²) in [5.41, 5.74) is 0. The summed E-state index contributed by atoms with van der Waals surface area (Å²) in [5, 5.41) is 11.2. The second-order valence-electron chi connectivity index (χ2n) is 4.59. The number of nitrogens with one attached hydrogen (secondary N) is 1. The highest BCUT2D eigenvalue weighted by Gasteiger charge is 2.26. The van der Waals surface area contributed by atoms with E-state index in [1.165, 1.54) is 17.2 Å². The third-order valence-electron chi connectivity index (χ3n) is 3.04. The largest absolute Gasteiger partial charge is 0.481 e. The van der Waals surface area contributed by atoms with Gasteiger partial charge in [-0.1, -0.05) is 0 Å². The van der Waals surface area contributed by atoms with Gasteiger partial charge in [0.1, 0.15) is 0 Å². The Balaban J connectivity index is 1.80. The van der Waals surface area contributed by atoms with Gasteiger partial charge < -0.3 is 24.5 Å². The van der Waals surface area contributed by atoms with E-state index in [9.17, 15) is 14.4 Å². The van der Waals surface area contributed by atoms with Crippen molar-refractivity contribution < 1.29 is 28.6 Å². The zero-order chi connectivity index (χ0) is 15.2. The summed E-state index contributed by atoms with van der Waals surface area (Å²) in [7, 11) is 0. The average molecular weight is 296 g/mol. The van der Waals surface area contributed by atoms with Crippen LogP contribution in [0.15, 0.2) is 22.8 Å². The normalized spacial score (nSPS) is 18.3. The number of furan rings is 1. The molecule has 1 fully saturated rings. The molecule has 1 unspecified atom stereocenters. The van der Waals surface area contributed by atoms with E-state index < -0.39 is 18.0 Å². The smallest absolute Gasteiger partial charge is 0.306 e. The topological polar surface area (TPSA) is 109 Å². The molecular formula is C13H16N2O6. The summed E-state index contributed by atoms with van der Waals surface area (Å²) >= 11 is 0. The molecule has 2 rings (SSSR count). The molecule has 21 heavy (non-hydrogen) atoms. The van der Waals surface area contributed by atoms with Gasteiger partial charge in [0.25, 0.3) is 5.91 Å². The molecule has 0 saturated carbocycles. The molecule has 2 heterocycles. The lowest BCUT2D eigenvalue weighted by atomic mass is 10.2. The molecule has 1 aliphatic heterocycles. The van der Waals surface area contributed by atoms with Crippen molar-refractivity contribution in [2.24, 2.45) is 0 Å². The highest BCUT2D eigenvalue weighted by molar-refractivity contribution is 5.94. The standard InChI is InChI=1S/C13H16N2O6/c16-11(7-14-13(19)10-2-1-4-21-10)15-3-5-20-9(8-15)6-12(17)18/h1-2,4,9H,3,5-8H2,(H,14,19)(H,17,18). The molecule has 1 atom stereocenters. The van der Waals surface area contributed by atoms with E-state index in [0.717, 1.165) is 0 Å². The van der Waals surface area contributed by atoms with Crippen LogP contribution in [0.1, 0.15) is 17.0 Å². The van der Waals surface area contributed by atoms with Gasteiger partial charge >= 0.3 is 5.97 Å². The molecule has 0 aromatic carbocycles. The zero-order valence-corrected chi connectivity index (χ0v) is 11.3. The lowest BCUT2D eigenvalue weighted by molar-refractivity contribution is -0.147. The van der Waals surface area contributed by atoms with E-state index in [1.807, 2.05) is 0 Å². The first-order valence-corrected chi connectivity index (χ1v) is 6.49. The van der Waals surface area contributed by atoms with Crippen LogP contribution in [0.5, 0.6) is 0 Å². The Hall–Kier alpha value is -2.35. The van der Waals surface area contributed by atoms with Gasteiger partial charge in [-0.05, 0) is 12.1 Å². The van der Waals surface area contributed by atoms with Crippen LogP contribution in [0.2, 0.25) is 0 Å². The van der Waals surface area contributed by atoms with Gasteiger partial charge in [0.2, 0.25) is 5.91 Å². The highest BCUT2D eigenvalue weighted by Crippen LogP contribution is 2.09. The first kappa shape index (κ1) is 15.0. The van der Waals surface area contributed by atoms with Gasteiger partial charge in [-0.15, -0.1) is 0 Å². The van der Waals surface area contributed by atoms with Crippen LogP contribution in [0.3, 0.4) is 0 Å². The van der Waals surface area contributed by atoms with E-state index in [1.54, 1.807) is 6.07 Å². The number of carboxylic acid groups (broad SMARTS) is 1. The zero-order valence-electron chi connectivity index (χ0n) is 11.3. The summed E-state index contributed by atoms with van der Waals surface area (Å²) in [4.78, 5) is 35.7. The Morgan fingerprint density at radius 2 is 2.24 bits per heavy atom. The van der Waals surface area contributed by atoms with E-state index >= 15 is 0 Å². The number of aliphatic carboxylic acids is 1. The molecule has 0 bridgehead atoms. The van der Waals surface area contributed by atoms with Crippen molar-refractivity contribution in [1.82, 2.24) is 10.2 Å². The number of carbonyl (C=O) groups is 3. The average Bonchev–Trinajstić information content (AvgIpc) is 2.98. The Morgan fingerprint density at radius 3 is 2.90 bits per heavy atom. The lowest BCUT2D eigenvalue weighted by Crippen LogP contribution is -2.49. The second kappa shape index (κ2) is 6.89. The Bertz CT molecular complexity index is 513. The van der Waals surface area contributed by atoms with E-state index in [2.05, 4.69) is 5.32 Å². The molecule has 0 aliphatic carbocycles. The van der Waals surface area contributed by atoms with Gasteiger partial charge in [0.15, 0.2) is 5.76 Å². The summed E-state index contributed by atoms with van der Waals surface area (Å²) in [6.07, 6.45) is 0.707. The predicted molar refractivity (Wildman–Crippen MR) is 69.6 cm³/mol. The number of amides is 2. The molecule has 2 N–H and O–H groups in total. The van der Waals surface area contributed by atoms with Gasteiger partial charge in [-0.25, -0.2) is 0 Å². The molecule has 2 amide bonds. The highest BCUT2D eigenvalue weighted by atomic mass is 16.5. The number of morpholine rings is 1. The van der Waals surface area contributed by atoms with Crippen LogP contribution in [0.4, 0.5) is 0 Å². The number of carboxylic acids is 1. The van der Waals surface area contributed by atoms with Crippen LogP contribution in [-0.4, -0.2) is 60.1 Å². The van der Waals surface area contributed by atoms with Crippen LogP contribution < -0.4 is 5.32 Å². The molecule has 1 aromatic rings.